The SMILES string of the molecule is CCC(N)CCCS(=O)(=O)Cc1ccccc1. The highest BCUT2D eigenvalue weighted by Gasteiger charge is 2.12. The molecular formula is C13H21NO2S. The number of sulfone groups is 1. The summed E-state index contributed by atoms with van der Waals surface area (Å²) in [7, 11) is -2.99. The Kier molecular flexibility index (Phi) is 5.65. The van der Waals surface area contributed by atoms with E-state index in [1.807, 2.05) is 37.3 Å². The van der Waals surface area contributed by atoms with E-state index in [9.17, 15) is 8.42 Å². The van der Waals surface area contributed by atoms with Crippen LogP contribution in [0.2, 0.25) is 0 Å². The summed E-state index contributed by atoms with van der Waals surface area (Å²) < 4.78 is 23.7. The van der Waals surface area contributed by atoms with Crippen molar-refractivity contribution in [1.29, 1.82) is 0 Å². The lowest BCUT2D eigenvalue weighted by atomic mass is 10.1. The molecule has 1 rings (SSSR count). The molecule has 1 aromatic rings. The predicted molar refractivity (Wildman–Crippen MR) is 71.4 cm³/mol. The van der Waals surface area contributed by atoms with Gasteiger partial charge in [0, 0.05) is 6.04 Å². The zero-order chi connectivity index (χ0) is 12.7. The lowest BCUT2D eigenvalue weighted by molar-refractivity contribution is 0.567. The Hall–Kier alpha value is -0.870. The fourth-order valence-electron chi connectivity index (χ4n) is 1.67. The molecule has 0 saturated heterocycles. The normalized spacial score (nSPS) is 13.5. The van der Waals surface area contributed by atoms with Crippen LogP contribution in [0.25, 0.3) is 0 Å². The minimum absolute atomic E-state index is 0.127. The van der Waals surface area contributed by atoms with E-state index in [4.69, 9.17) is 5.73 Å². The van der Waals surface area contributed by atoms with Gasteiger partial charge in [0.15, 0.2) is 9.84 Å². The fourth-order valence-corrected chi connectivity index (χ4v) is 3.12. The van der Waals surface area contributed by atoms with Gasteiger partial charge in [-0.15, -0.1) is 0 Å². The van der Waals surface area contributed by atoms with Gasteiger partial charge in [-0.2, -0.15) is 0 Å². The molecule has 2 N–H and O–H groups in total. The second kappa shape index (κ2) is 6.77. The Balaban J connectivity index is 2.42. The van der Waals surface area contributed by atoms with Gasteiger partial charge < -0.3 is 5.73 Å². The van der Waals surface area contributed by atoms with Crippen LogP contribution in [0.4, 0.5) is 0 Å². The first-order chi connectivity index (χ1) is 8.03. The molecule has 0 amide bonds. The van der Waals surface area contributed by atoms with Gasteiger partial charge in [0.2, 0.25) is 0 Å². The molecule has 0 aliphatic rings. The standard InChI is InChI=1S/C13H21NO2S/c1-2-13(14)9-6-10-17(15,16)11-12-7-4-3-5-8-12/h3-5,7-8,13H,2,6,9-11,14H2,1H3. The van der Waals surface area contributed by atoms with Crippen molar-refractivity contribution in [3.05, 3.63) is 35.9 Å². The molecule has 1 atom stereocenters. The van der Waals surface area contributed by atoms with E-state index in [2.05, 4.69) is 0 Å². The molecular weight excluding hydrogens is 234 g/mol. The van der Waals surface area contributed by atoms with Gasteiger partial charge >= 0.3 is 0 Å². The lowest BCUT2D eigenvalue weighted by Gasteiger charge is -2.08. The number of rotatable bonds is 7. The summed E-state index contributed by atoms with van der Waals surface area (Å²) in [6.07, 6.45) is 2.34. The van der Waals surface area contributed by atoms with E-state index in [0.717, 1.165) is 18.4 Å². The van der Waals surface area contributed by atoms with Crippen LogP contribution in [0, 0.1) is 0 Å². The zero-order valence-corrected chi connectivity index (χ0v) is 11.1. The van der Waals surface area contributed by atoms with Crippen molar-refractivity contribution in [2.45, 2.75) is 38.0 Å². The Labute approximate surface area is 104 Å². The molecule has 0 saturated carbocycles. The molecule has 1 aromatic carbocycles. The zero-order valence-electron chi connectivity index (χ0n) is 10.3. The van der Waals surface area contributed by atoms with Crippen LogP contribution in [-0.4, -0.2) is 20.2 Å². The molecule has 0 spiro atoms. The van der Waals surface area contributed by atoms with E-state index in [-0.39, 0.29) is 17.5 Å². The molecule has 4 heteroatoms. The Bertz CT molecular complexity index is 414. The van der Waals surface area contributed by atoms with Gasteiger partial charge in [-0.3, -0.25) is 0 Å². The summed E-state index contributed by atoms with van der Waals surface area (Å²) in [6, 6.07) is 9.42. The first-order valence-corrected chi connectivity index (χ1v) is 7.85. The molecule has 1 unspecified atom stereocenters. The van der Waals surface area contributed by atoms with E-state index in [1.165, 1.54) is 0 Å². The molecule has 0 aromatic heterocycles. The lowest BCUT2D eigenvalue weighted by Crippen LogP contribution is -2.20. The second-order valence-electron chi connectivity index (χ2n) is 4.39. The number of hydrogen-bond acceptors (Lipinski definition) is 3. The average Bonchev–Trinajstić information content (AvgIpc) is 2.29. The van der Waals surface area contributed by atoms with Gasteiger partial charge in [-0.25, -0.2) is 8.42 Å². The summed E-state index contributed by atoms with van der Waals surface area (Å²) in [5, 5.41) is 0. The summed E-state index contributed by atoms with van der Waals surface area (Å²) in [5.41, 5.74) is 6.61. The van der Waals surface area contributed by atoms with Crippen molar-refractivity contribution in [2.75, 3.05) is 5.75 Å². The Morgan fingerprint density at radius 1 is 1.24 bits per heavy atom. The molecule has 96 valence electrons. The van der Waals surface area contributed by atoms with E-state index < -0.39 is 9.84 Å². The topological polar surface area (TPSA) is 60.2 Å². The molecule has 0 fully saturated rings. The van der Waals surface area contributed by atoms with Crippen molar-refractivity contribution in [1.82, 2.24) is 0 Å². The molecule has 0 bridgehead atoms. The highest BCUT2D eigenvalue weighted by Crippen LogP contribution is 2.09. The van der Waals surface area contributed by atoms with Crippen LogP contribution in [0.15, 0.2) is 30.3 Å². The summed E-state index contributed by atoms with van der Waals surface area (Å²) in [6.45, 7) is 2.02. The highest BCUT2D eigenvalue weighted by molar-refractivity contribution is 7.90. The van der Waals surface area contributed by atoms with Gasteiger partial charge in [-0.1, -0.05) is 37.3 Å². The summed E-state index contributed by atoms with van der Waals surface area (Å²) >= 11 is 0. The first kappa shape index (κ1) is 14.2. The van der Waals surface area contributed by atoms with Gasteiger partial charge in [0.05, 0.1) is 11.5 Å². The summed E-state index contributed by atoms with van der Waals surface area (Å²) in [4.78, 5) is 0. The largest absolute Gasteiger partial charge is 0.328 e. The van der Waals surface area contributed by atoms with E-state index in [0.29, 0.717) is 6.42 Å². The van der Waals surface area contributed by atoms with Crippen molar-refractivity contribution >= 4 is 9.84 Å². The minimum Gasteiger partial charge on any atom is -0.328 e. The Morgan fingerprint density at radius 2 is 1.88 bits per heavy atom. The third kappa shape index (κ3) is 5.84. The maximum atomic E-state index is 11.8. The molecule has 0 aliphatic carbocycles. The van der Waals surface area contributed by atoms with Crippen molar-refractivity contribution < 1.29 is 8.42 Å². The molecule has 0 radical (unpaired) electrons. The smallest absolute Gasteiger partial charge is 0.154 e. The quantitative estimate of drug-likeness (QED) is 0.812. The third-order valence-corrected chi connectivity index (χ3v) is 4.47. The van der Waals surface area contributed by atoms with Crippen LogP contribution >= 0.6 is 0 Å². The van der Waals surface area contributed by atoms with Crippen LogP contribution in [0.1, 0.15) is 31.7 Å². The second-order valence-corrected chi connectivity index (χ2v) is 6.57. The van der Waals surface area contributed by atoms with Crippen LogP contribution in [-0.2, 0) is 15.6 Å². The number of nitrogens with two attached hydrogens (primary N) is 1. The number of hydrogen-bond donors (Lipinski definition) is 1. The fraction of sp³-hybridized carbons (Fsp3) is 0.538. The van der Waals surface area contributed by atoms with Crippen molar-refractivity contribution in [2.24, 2.45) is 5.73 Å². The van der Waals surface area contributed by atoms with Crippen LogP contribution in [0.3, 0.4) is 0 Å². The van der Waals surface area contributed by atoms with E-state index >= 15 is 0 Å². The molecule has 0 aliphatic heterocycles. The maximum Gasteiger partial charge on any atom is 0.154 e. The van der Waals surface area contributed by atoms with Crippen molar-refractivity contribution in [3.8, 4) is 0 Å². The molecule has 17 heavy (non-hydrogen) atoms. The summed E-state index contributed by atoms with van der Waals surface area (Å²) in [5.74, 6) is 0.366. The van der Waals surface area contributed by atoms with Gasteiger partial charge in [0.25, 0.3) is 0 Å². The third-order valence-electron chi connectivity index (χ3n) is 2.78. The van der Waals surface area contributed by atoms with Crippen LogP contribution in [0.5, 0.6) is 0 Å². The average molecular weight is 255 g/mol. The first-order valence-electron chi connectivity index (χ1n) is 6.03. The molecule has 0 heterocycles. The number of benzene rings is 1. The maximum absolute atomic E-state index is 11.8. The van der Waals surface area contributed by atoms with Crippen molar-refractivity contribution in [3.63, 3.8) is 0 Å². The van der Waals surface area contributed by atoms with Crippen LogP contribution < -0.4 is 5.73 Å². The Morgan fingerprint density at radius 3 is 2.47 bits per heavy atom. The van der Waals surface area contributed by atoms with Gasteiger partial charge in [0.1, 0.15) is 0 Å². The van der Waals surface area contributed by atoms with Gasteiger partial charge in [-0.05, 0) is 24.8 Å². The monoisotopic (exact) mass is 255 g/mol. The molecule has 3 nitrogen and oxygen atoms in total. The minimum atomic E-state index is -2.99. The highest BCUT2D eigenvalue weighted by atomic mass is 32.2. The predicted octanol–water partition coefficient (Wildman–Crippen LogP) is 2.12. The van der Waals surface area contributed by atoms with E-state index in [1.54, 1.807) is 0 Å².